The molecule has 4 nitrogen and oxygen atoms in total. The fourth-order valence-corrected chi connectivity index (χ4v) is 2.07. The van der Waals surface area contributed by atoms with Crippen molar-refractivity contribution in [3.8, 4) is 5.75 Å². The van der Waals surface area contributed by atoms with Crippen LogP contribution in [0.3, 0.4) is 0 Å². The summed E-state index contributed by atoms with van der Waals surface area (Å²) in [4.78, 5) is 11.9. The van der Waals surface area contributed by atoms with Crippen molar-refractivity contribution in [3.05, 3.63) is 47.9 Å². The number of thioether (sulfide) groups is 1. The molecule has 1 heterocycles. The Morgan fingerprint density at radius 1 is 1.39 bits per heavy atom. The Hall–Kier alpha value is -1.88. The molecule has 0 saturated heterocycles. The number of carboxylic acid groups (broad SMARTS) is 1. The Morgan fingerprint density at radius 3 is 2.89 bits per heavy atom. The summed E-state index contributed by atoms with van der Waals surface area (Å²) in [6, 6.07) is 9.00. The quantitative estimate of drug-likeness (QED) is 0.840. The van der Waals surface area contributed by atoms with Gasteiger partial charge in [-0.1, -0.05) is 12.1 Å². The van der Waals surface area contributed by atoms with Crippen molar-refractivity contribution >= 4 is 17.7 Å². The molecular formula is C13H12O4S. The average Bonchev–Trinajstić information content (AvgIpc) is 2.85. The van der Waals surface area contributed by atoms with Crippen molar-refractivity contribution in [2.75, 3.05) is 6.26 Å². The van der Waals surface area contributed by atoms with Crippen molar-refractivity contribution in [1.82, 2.24) is 0 Å². The van der Waals surface area contributed by atoms with Crippen LogP contribution in [0.4, 0.5) is 0 Å². The van der Waals surface area contributed by atoms with E-state index < -0.39 is 5.97 Å². The fourth-order valence-electron chi connectivity index (χ4n) is 1.52. The predicted molar refractivity (Wildman–Crippen MR) is 68.2 cm³/mol. The molecule has 0 fully saturated rings. The monoisotopic (exact) mass is 264 g/mol. The molecule has 0 bridgehead atoms. The first kappa shape index (κ1) is 12.6. The summed E-state index contributed by atoms with van der Waals surface area (Å²) in [6.45, 7) is 0.103. The number of hydrogen-bond donors (Lipinski definition) is 1. The highest BCUT2D eigenvalue weighted by molar-refractivity contribution is 7.98. The summed E-state index contributed by atoms with van der Waals surface area (Å²) in [5, 5.41) is 8.93. The topological polar surface area (TPSA) is 59.7 Å². The van der Waals surface area contributed by atoms with Gasteiger partial charge in [-0.3, -0.25) is 0 Å². The van der Waals surface area contributed by atoms with Crippen LogP contribution in [0.5, 0.6) is 5.75 Å². The number of carboxylic acids is 1. The van der Waals surface area contributed by atoms with E-state index in [2.05, 4.69) is 0 Å². The average molecular weight is 264 g/mol. The number of benzene rings is 1. The molecule has 0 radical (unpaired) electrons. The summed E-state index contributed by atoms with van der Waals surface area (Å²) in [5.41, 5.74) is 0.136. The van der Waals surface area contributed by atoms with Gasteiger partial charge in [0.2, 0.25) is 0 Å². The maximum Gasteiger partial charge on any atom is 0.339 e. The lowest BCUT2D eigenvalue weighted by molar-refractivity contribution is 0.0691. The Balaban J connectivity index is 2.11. The summed E-state index contributed by atoms with van der Waals surface area (Å²) in [7, 11) is 0. The van der Waals surface area contributed by atoms with Crippen LogP contribution < -0.4 is 4.74 Å². The van der Waals surface area contributed by atoms with Gasteiger partial charge in [-0.05, 0) is 24.5 Å². The zero-order chi connectivity index (χ0) is 13.0. The van der Waals surface area contributed by atoms with E-state index in [1.165, 1.54) is 12.3 Å². The van der Waals surface area contributed by atoms with E-state index in [1.54, 1.807) is 11.8 Å². The number of ether oxygens (including phenoxy) is 1. The minimum absolute atomic E-state index is 0.103. The van der Waals surface area contributed by atoms with Crippen molar-refractivity contribution in [2.24, 2.45) is 0 Å². The van der Waals surface area contributed by atoms with Crippen molar-refractivity contribution in [2.45, 2.75) is 11.5 Å². The summed E-state index contributed by atoms with van der Waals surface area (Å²) >= 11 is 1.57. The lowest BCUT2D eigenvalue weighted by Gasteiger charge is -2.08. The van der Waals surface area contributed by atoms with Crippen LogP contribution in [0.1, 0.15) is 16.1 Å². The van der Waals surface area contributed by atoms with Gasteiger partial charge < -0.3 is 14.3 Å². The van der Waals surface area contributed by atoms with Crippen LogP contribution in [0, 0.1) is 0 Å². The minimum atomic E-state index is -1.01. The number of carbonyl (C=O) groups is 1. The largest absolute Gasteiger partial charge is 0.484 e. The standard InChI is InChI=1S/C13H12O4S/c1-18-12-5-3-2-4-10(12)17-8-11-9(13(14)15)6-7-16-11/h2-7H,8H2,1H3,(H,14,15). The van der Waals surface area contributed by atoms with Gasteiger partial charge in [-0.2, -0.15) is 0 Å². The molecular weight excluding hydrogens is 252 g/mol. The summed E-state index contributed by atoms with van der Waals surface area (Å²) in [5.74, 6) is 0.0247. The van der Waals surface area contributed by atoms with E-state index in [0.29, 0.717) is 5.76 Å². The smallest absolute Gasteiger partial charge is 0.339 e. The summed E-state index contributed by atoms with van der Waals surface area (Å²) in [6.07, 6.45) is 3.31. The van der Waals surface area contributed by atoms with Gasteiger partial charge in [-0.25, -0.2) is 4.79 Å². The minimum Gasteiger partial charge on any atom is -0.484 e. The van der Waals surface area contributed by atoms with Gasteiger partial charge in [0.05, 0.1) is 6.26 Å². The molecule has 1 aromatic carbocycles. The van der Waals surface area contributed by atoms with Crippen molar-refractivity contribution in [3.63, 3.8) is 0 Å². The predicted octanol–water partition coefficient (Wildman–Crippen LogP) is 3.28. The molecule has 0 saturated carbocycles. The van der Waals surface area contributed by atoms with E-state index in [1.807, 2.05) is 30.5 Å². The first-order valence-corrected chi connectivity index (χ1v) is 6.50. The van der Waals surface area contributed by atoms with Gasteiger partial charge in [0.15, 0.2) is 5.76 Å². The lowest BCUT2D eigenvalue weighted by atomic mass is 10.2. The number of para-hydroxylation sites is 1. The molecule has 0 aliphatic rings. The summed E-state index contributed by atoms with van der Waals surface area (Å²) < 4.78 is 10.7. The molecule has 0 amide bonds. The van der Waals surface area contributed by atoms with Crippen LogP contribution in [-0.4, -0.2) is 17.3 Å². The maximum absolute atomic E-state index is 10.9. The molecule has 0 aliphatic heterocycles. The fraction of sp³-hybridized carbons (Fsp3) is 0.154. The molecule has 0 unspecified atom stereocenters. The molecule has 18 heavy (non-hydrogen) atoms. The molecule has 2 rings (SSSR count). The second kappa shape index (κ2) is 5.64. The lowest BCUT2D eigenvalue weighted by Crippen LogP contribution is -2.02. The van der Waals surface area contributed by atoms with E-state index in [9.17, 15) is 4.79 Å². The molecule has 94 valence electrons. The molecule has 5 heteroatoms. The Kier molecular flexibility index (Phi) is 3.94. The van der Waals surface area contributed by atoms with E-state index >= 15 is 0 Å². The Bertz CT molecular complexity index is 547. The van der Waals surface area contributed by atoms with E-state index in [-0.39, 0.29) is 12.2 Å². The third-order valence-corrected chi connectivity index (χ3v) is 3.18. The Morgan fingerprint density at radius 2 is 2.17 bits per heavy atom. The zero-order valence-electron chi connectivity index (χ0n) is 9.75. The van der Waals surface area contributed by atoms with Crippen molar-refractivity contribution < 1.29 is 19.1 Å². The van der Waals surface area contributed by atoms with Gasteiger partial charge in [-0.15, -0.1) is 11.8 Å². The molecule has 1 aromatic heterocycles. The maximum atomic E-state index is 10.9. The highest BCUT2D eigenvalue weighted by Gasteiger charge is 2.14. The third kappa shape index (κ3) is 2.68. The van der Waals surface area contributed by atoms with Crippen LogP contribution in [0.15, 0.2) is 45.9 Å². The van der Waals surface area contributed by atoms with Crippen LogP contribution in [-0.2, 0) is 6.61 Å². The van der Waals surface area contributed by atoms with E-state index in [4.69, 9.17) is 14.3 Å². The van der Waals surface area contributed by atoms with Crippen LogP contribution >= 0.6 is 11.8 Å². The SMILES string of the molecule is CSc1ccccc1OCc1occc1C(=O)O. The highest BCUT2D eigenvalue weighted by atomic mass is 32.2. The number of rotatable bonds is 5. The normalized spacial score (nSPS) is 10.3. The first-order valence-electron chi connectivity index (χ1n) is 5.28. The number of aromatic carboxylic acids is 1. The third-order valence-electron chi connectivity index (χ3n) is 2.40. The van der Waals surface area contributed by atoms with E-state index in [0.717, 1.165) is 10.6 Å². The second-order valence-electron chi connectivity index (χ2n) is 3.50. The van der Waals surface area contributed by atoms with Crippen LogP contribution in [0.2, 0.25) is 0 Å². The molecule has 1 N–H and O–H groups in total. The highest BCUT2D eigenvalue weighted by Crippen LogP contribution is 2.27. The number of hydrogen-bond acceptors (Lipinski definition) is 4. The molecule has 0 aliphatic carbocycles. The second-order valence-corrected chi connectivity index (χ2v) is 4.35. The molecule has 2 aromatic rings. The van der Waals surface area contributed by atoms with Gasteiger partial charge in [0, 0.05) is 4.90 Å². The zero-order valence-corrected chi connectivity index (χ0v) is 10.6. The van der Waals surface area contributed by atoms with Crippen LogP contribution in [0.25, 0.3) is 0 Å². The van der Waals surface area contributed by atoms with Gasteiger partial charge in [0.1, 0.15) is 17.9 Å². The first-order chi connectivity index (χ1) is 8.72. The van der Waals surface area contributed by atoms with Crippen molar-refractivity contribution in [1.29, 1.82) is 0 Å². The van der Waals surface area contributed by atoms with Gasteiger partial charge in [0.25, 0.3) is 0 Å². The van der Waals surface area contributed by atoms with Gasteiger partial charge >= 0.3 is 5.97 Å². The number of furan rings is 1. The Labute approximate surface area is 109 Å². The molecule has 0 atom stereocenters. The molecule has 0 spiro atoms.